The topological polar surface area (TPSA) is 73.9 Å². The summed E-state index contributed by atoms with van der Waals surface area (Å²) in [5.41, 5.74) is 4.17. The van der Waals surface area contributed by atoms with Crippen LogP contribution in [0, 0.1) is 5.41 Å². The summed E-state index contributed by atoms with van der Waals surface area (Å²) in [6.07, 6.45) is 1.13. The van der Waals surface area contributed by atoms with Crippen molar-refractivity contribution in [3.63, 3.8) is 0 Å². The molecule has 0 saturated carbocycles. The monoisotopic (exact) mass is 509 g/mol. The molecular formula is C29H32ClNO5. The SMILES string of the molecule is CCOC(=O)C1=C(C)NC2=C(C(=O)CC(C)(C)C2)[C@H]1c1ccc(OCc2cccc(Cl)c2)c(OC)c1. The second-order valence-corrected chi connectivity index (χ2v) is 10.4. The van der Waals surface area contributed by atoms with Crippen LogP contribution in [0.4, 0.5) is 0 Å². The Bertz CT molecular complexity index is 1260. The van der Waals surface area contributed by atoms with Crippen LogP contribution in [-0.4, -0.2) is 25.5 Å². The molecule has 190 valence electrons. The summed E-state index contributed by atoms with van der Waals surface area (Å²) in [5, 5.41) is 3.99. The third kappa shape index (κ3) is 5.29. The molecule has 0 amide bonds. The summed E-state index contributed by atoms with van der Waals surface area (Å²) in [7, 11) is 1.57. The first-order chi connectivity index (χ1) is 17.1. The summed E-state index contributed by atoms with van der Waals surface area (Å²) in [6, 6.07) is 13.0. The molecule has 7 heteroatoms. The number of rotatable bonds is 7. The lowest BCUT2D eigenvalue weighted by Crippen LogP contribution is -2.38. The van der Waals surface area contributed by atoms with E-state index in [1.807, 2.05) is 49.4 Å². The van der Waals surface area contributed by atoms with Crippen molar-refractivity contribution in [2.75, 3.05) is 13.7 Å². The highest BCUT2D eigenvalue weighted by atomic mass is 35.5. The molecule has 4 rings (SSSR count). The zero-order valence-corrected chi connectivity index (χ0v) is 22.1. The first kappa shape index (κ1) is 25.8. The molecule has 0 spiro atoms. The summed E-state index contributed by atoms with van der Waals surface area (Å²) in [4.78, 5) is 26.5. The Morgan fingerprint density at radius 2 is 1.92 bits per heavy atom. The van der Waals surface area contributed by atoms with E-state index in [0.29, 0.717) is 46.4 Å². The first-order valence-electron chi connectivity index (χ1n) is 12.1. The predicted molar refractivity (Wildman–Crippen MR) is 139 cm³/mol. The van der Waals surface area contributed by atoms with Gasteiger partial charge in [0.25, 0.3) is 0 Å². The second kappa shape index (κ2) is 10.4. The maximum atomic E-state index is 13.4. The van der Waals surface area contributed by atoms with Gasteiger partial charge in [0, 0.05) is 34.3 Å². The second-order valence-electron chi connectivity index (χ2n) is 9.98. The number of Topliss-reactive ketones (excluding diaryl/α,β-unsaturated/α-hetero) is 1. The highest BCUT2D eigenvalue weighted by Gasteiger charge is 2.43. The number of benzene rings is 2. The van der Waals surface area contributed by atoms with Crippen LogP contribution in [0.3, 0.4) is 0 Å². The fraction of sp³-hybridized carbons (Fsp3) is 0.379. The van der Waals surface area contributed by atoms with Crippen molar-refractivity contribution in [2.45, 2.75) is 53.1 Å². The van der Waals surface area contributed by atoms with Gasteiger partial charge in [-0.25, -0.2) is 4.79 Å². The Balaban J connectivity index is 1.74. The van der Waals surface area contributed by atoms with Crippen LogP contribution >= 0.6 is 11.6 Å². The molecule has 0 aromatic heterocycles. The van der Waals surface area contributed by atoms with Crippen LogP contribution in [0.2, 0.25) is 5.02 Å². The molecule has 36 heavy (non-hydrogen) atoms. The van der Waals surface area contributed by atoms with Gasteiger partial charge in [-0.2, -0.15) is 0 Å². The molecule has 1 N–H and O–H groups in total. The Labute approximate surface area is 217 Å². The number of nitrogens with one attached hydrogen (secondary N) is 1. The number of carbonyl (C=O) groups excluding carboxylic acids is 2. The largest absolute Gasteiger partial charge is 0.493 e. The van der Waals surface area contributed by atoms with Gasteiger partial charge >= 0.3 is 5.97 Å². The van der Waals surface area contributed by atoms with E-state index < -0.39 is 11.9 Å². The van der Waals surface area contributed by atoms with Crippen molar-refractivity contribution >= 4 is 23.4 Å². The van der Waals surface area contributed by atoms with Crippen LogP contribution in [0.25, 0.3) is 0 Å². The minimum absolute atomic E-state index is 0.0355. The van der Waals surface area contributed by atoms with E-state index in [9.17, 15) is 9.59 Å². The zero-order chi connectivity index (χ0) is 26.0. The third-order valence-corrected chi connectivity index (χ3v) is 6.77. The highest BCUT2D eigenvalue weighted by molar-refractivity contribution is 6.30. The molecule has 1 atom stereocenters. The Morgan fingerprint density at radius 1 is 1.14 bits per heavy atom. The van der Waals surface area contributed by atoms with Crippen LogP contribution in [0.1, 0.15) is 57.6 Å². The van der Waals surface area contributed by atoms with Crippen LogP contribution in [0.15, 0.2) is 65.0 Å². The van der Waals surface area contributed by atoms with Gasteiger partial charge in [-0.1, -0.05) is 43.6 Å². The molecule has 6 nitrogen and oxygen atoms in total. The summed E-state index contributed by atoms with van der Waals surface area (Å²) < 4.78 is 17.1. The molecule has 0 unspecified atom stereocenters. The number of allylic oxidation sites excluding steroid dienone is 3. The number of ether oxygens (including phenoxy) is 3. The quantitative estimate of drug-likeness (QED) is 0.455. The highest BCUT2D eigenvalue weighted by Crippen LogP contribution is 2.48. The number of halogens is 1. The first-order valence-corrected chi connectivity index (χ1v) is 12.5. The molecule has 0 fully saturated rings. The number of hydrogen-bond acceptors (Lipinski definition) is 6. The van der Waals surface area contributed by atoms with Crippen molar-refractivity contribution in [3.05, 3.63) is 81.2 Å². The van der Waals surface area contributed by atoms with E-state index in [1.54, 1.807) is 14.0 Å². The summed E-state index contributed by atoms with van der Waals surface area (Å²) >= 11 is 6.09. The van der Waals surface area contributed by atoms with E-state index in [2.05, 4.69) is 19.2 Å². The van der Waals surface area contributed by atoms with Gasteiger partial charge in [0.1, 0.15) is 6.61 Å². The molecule has 0 saturated heterocycles. The molecule has 0 bridgehead atoms. The van der Waals surface area contributed by atoms with Gasteiger partial charge in [0.2, 0.25) is 0 Å². The molecular weight excluding hydrogens is 478 g/mol. The van der Waals surface area contributed by atoms with Crippen molar-refractivity contribution in [2.24, 2.45) is 5.41 Å². The zero-order valence-electron chi connectivity index (χ0n) is 21.4. The average Bonchev–Trinajstić information content (AvgIpc) is 2.81. The molecule has 1 aliphatic heterocycles. The van der Waals surface area contributed by atoms with Crippen LogP contribution < -0.4 is 14.8 Å². The van der Waals surface area contributed by atoms with E-state index in [1.165, 1.54) is 0 Å². The Morgan fingerprint density at radius 3 is 2.61 bits per heavy atom. The Hall–Kier alpha value is -3.25. The lowest BCUT2D eigenvalue weighted by atomic mass is 9.68. The average molecular weight is 510 g/mol. The van der Waals surface area contributed by atoms with Gasteiger partial charge in [-0.15, -0.1) is 0 Å². The van der Waals surface area contributed by atoms with Crippen molar-refractivity contribution in [1.29, 1.82) is 0 Å². The van der Waals surface area contributed by atoms with Gasteiger partial charge in [-0.3, -0.25) is 4.79 Å². The minimum atomic E-state index is -0.556. The normalized spacial score (nSPS) is 18.9. The van der Waals surface area contributed by atoms with E-state index >= 15 is 0 Å². The molecule has 0 radical (unpaired) electrons. The molecule has 1 aliphatic carbocycles. The predicted octanol–water partition coefficient (Wildman–Crippen LogP) is 6.09. The fourth-order valence-electron chi connectivity index (χ4n) is 5.02. The summed E-state index contributed by atoms with van der Waals surface area (Å²) in [6.45, 7) is 8.36. The number of dihydropyridines is 1. The molecule has 2 aromatic rings. The lowest BCUT2D eigenvalue weighted by molar-refractivity contribution is -0.138. The van der Waals surface area contributed by atoms with Crippen LogP contribution in [0.5, 0.6) is 11.5 Å². The maximum Gasteiger partial charge on any atom is 0.336 e. The van der Waals surface area contributed by atoms with Crippen molar-refractivity contribution < 1.29 is 23.8 Å². The molecule has 2 aliphatic rings. The van der Waals surface area contributed by atoms with Crippen LogP contribution in [-0.2, 0) is 20.9 Å². The number of hydrogen-bond donors (Lipinski definition) is 1. The van der Waals surface area contributed by atoms with Gasteiger partial charge in [0.05, 0.1) is 19.3 Å². The van der Waals surface area contributed by atoms with Gasteiger partial charge in [0.15, 0.2) is 17.3 Å². The summed E-state index contributed by atoms with van der Waals surface area (Å²) in [5.74, 6) is 0.114. The third-order valence-electron chi connectivity index (χ3n) is 6.54. The number of methoxy groups -OCH3 is 1. The number of esters is 1. The standard InChI is InChI=1S/C29H32ClNO5/c1-6-35-28(33)25-17(2)31-21-14-29(3,4)15-22(32)27(21)26(25)19-10-11-23(24(13-19)34-5)36-16-18-8-7-9-20(30)12-18/h7-13,26,31H,6,14-16H2,1-5H3/t26-/m0/s1. The van der Waals surface area contributed by atoms with E-state index in [4.69, 9.17) is 25.8 Å². The van der Waals surface area contributed by atoms with Crippen molar-refractivity contribution in [1.82, 2.24) is 5.32 Å². The number of ketones is 1. The molecule has 2 aromatic carbocycles. The van der Waals surface area contributed by atoms with Gasteiger partial charge < -0.3 is 19.5 Å². The van der Waals surface area contributed by atoms with E-state index in [0.717, 1.165) is 23.2 Å². The van der Waals surface area contributed by atoms with Gasteiger partial charge in [-0.05, 0) is 61.1 Å². The van der Waals surface area contributed by atoms with Crippen molar-refractivity contribution in [3.8, 4) is 11.5 Å². The fourth-order valence-corrected chi connectivity index (χ4v) is 5.23. The number of carbonyl (C=O) groups is 2. The smallest absolute Gasteiger partial charge is 0.336 e. The minimum Gasteiger partial charge on any atom is -0.493 e. The Kier molecular flexibility index (Phi) is 7.46. The molecule has 1 heterocycles. The maximum absolute atomic E-state index is 13.4. The van der Waals surface area contributed by atoms with E-state index in [-0.39, 0.29) is 17.8 Å². The lowest BCUT2D eigenvalue weighted by Gasteiger charge is -2.39.